The molecule has 1 saturated heterocycles. The summed E-state index contributed by atoms with van der Waals surface area (Å²) in [7, 11) is 1.57. The number of β-lactam (4-membered cyclic amide) rings is 1. The lowest BCUT2D eigenvalue weighted by molar-refractivity contribution is -0.155. The summed E-state index contributed by atoms with van der Waals surface area (Å²) in [5, 5.41) is 0. The number of methoxy groups -OCH3 is 1. The maximum Gasteiger partial charge on any atom is 0.330 e. The topological polar surface area (TPSA) is 85.8 Å². The number of aldehydes is 1. The van der Waals surface area contributed by atoms with Gasteiger partial charge < -0.3 is 14.3 Å². The molecule has 26 heavy (non-hydrogen) atoms. The number of esters is 1. The van der Waals surface area contributed by atoms with Crippen LogP contribution in [0.4, 0.5) is 5.82 Å². The zero-order chi connectivity index (χ0) is 18.5. The molecular formula is C19H18N2O5. The second-order valence-corrected chi connectivity index (χ2v) is 5.81. The highest BCUT2D eigenvalue weighted by molar-refractivity contribution is 6.10. The van der Waals surface area contributed by atoms with Gasteiger partial charge in [-0.25, -0.2) is 9.78 Å². The summed E-state index contributed by atoms with van der Waals surface area (Å²) < 4.78 is 10.4. The molecule has 0 N–H and O–H groups in total. The maximum atomic E-state index is 12.6. The van der Waals surface area contributed by atoms with E-state index in [0.717, 1.165) is 5.56 Å². The number of hydrogen-bond donors (Lipinski definition) is 0. The van der Waals surface area contributed by atoms with Crippen LogP contribution in [0.2, 0.25) is 0 Å². The molecule has 0 unspecified atom stereocenters. The van der Waals surface area contributed by atoms with Gasteiger partial charge in [0, 0.05) is 12.6 Å². The largest absolute Gasteiger partial charge is 0.497 e. The van der Waals surface area contributed by atoms with Crippen LogP contribution < -0.4 is 9.64 Å². The van der Waals surface area contributed by atoms with E-state index in [4.69, 9.17) is 9.47 Å². The molecule has 0 spiro atoms. The molecule has 3 rings (SSSR count). The number of benzene rings is 1. The lowest BCUT2D eigenvalue weighted by atomic mass is 9.85. The van der Waals surface area contributed by atoms with Gasteiger partial charge in [0.25, 0.3) is 0 Å². The summed E-state index contributed by atoms with van der Waals surface area (Å²) in [5.41, 5.74) is 0.793. The van der Waals surface area contributed by atoms with Gasteiger partial charge in [-0.2, -0.15) is 0 Å². The van der Waals surface area contributed by atoms with Crippen molar-refractivity contribution in [3.8, 4) is 5.75 Å². The number of hydrogen-bond acceptors (Lipinski definition) is 6. The Morgan fingerprint density at radius 2 is 2.00 bits per heavy atom. The summed E-state index contributed by atoms with van der Waals surface area (Å²) in [4.78, 5) is 41.1. The van der Waals surface area contributed by atoms with Gasteiger partial charge in [0.05, 0.1) is 13.0 Å². The number of carbonyl (C=O) groups excluding carboxylic acids is 3. The quantitative estimate of drug-likeness (QED) is 0.428. The lowest BCUT2D eigenvalue weighted by Gasteiger charge is -2.43. The number of aromatic nitrogens is 1. The Bertz CT molecular complexity index is 791. The first kappa shape index (κ1) is 17.6. The third-order valence-corrected chi connectivity index (χ3v) is 4.24. The Morgan fingerprint density at radius 3 is 2.62 bits per heavy atom. The van der Waals surface area contributed by atoms with Gasteiger partial charge in [-0.15, -0.1) is 0 Å². The van der Waals surface area contributed by atoms with Crippen LogP contribution in [0.5, 0.6) is 5.75 Å². The molecule has 1 aliphatic heterocycles. The number of nitrogens with zero attached hydrogens (tertiary/aromatic N) is 2. The van der Waals surface area contributed by atoms with E-state index >= 15 is 0 Å². The molecule has 1 fully saturated rings. The smallest absolute Gasteiger partial charge is 0.330 e. The van der Waals surface area contributed by atoms with Crippen LogP contribution in [-0.2, 0) is 25.7 Å². The molecular weight excluding hydrogens is 336 g/mol. The highest BCUT2D eigenvalue weighted by Gasteiger charge is 2.53. The number of amides is 1. The van der Waals surface area contributed by atoms with Gasteiger partial charge in [-0.3, -0.25) is 9.69 Å². The molecule has 0 radical (unpaired) electrons. The molecule has 0 aliphatic carbocycles. The van der Waals surface area contributed by atoms with Crippen molar-refractivity contribution in [2.24, 2.45) is 5.92 Å². The predicted octanol–water partition coefficient (Wildman–Crippen LogP) is 1.75. The summed E-state index contributed by atoms with van der Waals surface area (Å²) >= 11 is 0. The molecule has 1 aromatic carbocycles. The zero-order valence-corrected chi connectivity index (χ0v) is 14.2. The predicted molar refractivity (Wildman–Crippen MR) is 92.5 cm³/mol. The first-order valence-electron chi connectivity index (χ1n) is 8.13. The molecule has 7 heteroatoms. The van der Waals surface area contributed by atoms with E-state index in [-0.39, 0.29) is 18.9 Å². The third-order valence-electron chi connectivity index (χ3n) is 4.24. The zero-order valence-electron chi connectivity index (χ0n) is 14.2. The Balaban J connectivity index is 1.71. The van der Waals surface area contributed by atoms with Crippen LogP contribution in [0.1, 0.15) is 12.0 Å². The molecule has 2 heterocycles. The summed E-state index contributed by atoms with van der Waals surface area (Å²) in [5.74, 6) is -0.499. The molecule has 2 aromatic rings. The monoisotopic (exact) mass is 354 g/mol. The Labute approximate surface area is 150 Å². The van der Waals surface area contributed by atoms with E-state index in [1.165, 1.54) is 11.1 Å². The van der Waals surface area contributed by atoms with Crippen molar-refractivity contribution >= 4 is 24.0 Å². The second kappa shape index (κ2) is 7.77. The SMILES string of the molecule is COc1ccc(COC(=O)[C@@H]2[C@@H](CC=O)C(=O)N2c2ccccn2)cc1. The van der Waals surface area contributed by atoms with Crippen molar-refractivity contribution in [2.75, 3.05) is 12.0 Å². The standard InChI is InChI=1S/C19H18N2O5/c1-25-14-7-5-13(6-8-14)12-26-19(24)17-15(9-11-22)18(23)21(17)16-4-2-3-10-20-16/h2-8,10-11,15,17H,9,12H2,1H3/t15-,17+/m1/s1. The summed E-state index contributed by atoms with van der Waals surface area (Å²) in [6, 6.07) is 11.3. The van der Waals surface area contributed by atoms with Gasteiger partial charge in [0.2, 0.25) is 5.91 Å². The summed E-state index contributed by atoms with van der Waals surface area (Å²) in [6.07, 6.45) is 2.15. The number of pyridine rings is 1. The van der Waals surface area contributed by atoms with Crippen LogP contribution in [0.25, 0.3) is 0 Å². The molecule has 7 nitrogen and oxygen atoms in total. The number of ether oxygens (including phenoxy) is 2. The fourth-order valence-electron chi connectivity index (χ4n) is 2.86. The van der Waals surface area contributed by atoms with Gasteiger partial charge in [-0.05, 0) is 29.8 Å². The minimum absolute atomic E-state index is 0.0233. The minimum atomic E-state index is -0.846. The highest BCUT2D eigenvalue weighted by atomic mass is 16.5. The normalized spacial score (nSPS) is 18.8. The first-order chi connectivity index (χ1) is 12.7. The van der Waals surface area contributed by atoms with E-state index < -0.39 is 17.9 Å². The maximum absolute atomic E-state index is 12.6. The van der Waals surface area contributed by atoms with Crippen molar-refractivity contribution in [3.63, 3.8) is 0 Å². The molecule has 134 valence electrons. The summed E-state index contributed by atoms with van der Waals surface area (Å²) in [6.45, 7) is 0.0669. The van der Waals surface area contributed by atoms with Gasteiger partial charge in [0.1, 0.15) is 30.5 Å². The van der Waals surface area contributed by atoms with Gasteiger partial charge in [0.15, 0.2) is 0 Å². The lowest BCUT2D eigenvalue weighted by Crippen LogP contribution is -2.65. The average Bonchev–Trinajstić information content (AvgIpc) is 2.69. The molecule has 1 aromatic heterocycles. The van der Waals surface area contributed by atoms with Crippen LogP contribution in [0.15, 0.2) is 48.7 Å². The van der Waals surface area contributed by atoms with Crippen LogP contribution in [0.3, 0.4) is 0 Å². The Morgan fingerprint density at radius 1 is 1.23 bits per heavy atom. The fourth-order valence-corrected chi connectivity index (χ4v) is 2.86. The minimum Gasteiger partial charge on any atom is -0.497 e. The van der Waals surface area contributed by atoms with Crippen molar-refractivity contribution in [1.29, 1.82) is 0 Å². The molecule has 0 bridgehead atoms. The van der Waals surface area contributed by atoms with E-state index in [1.54, 1.807) is 49.6 Å². The molecule has 1 amide bonds. The van der Waals surface area contributed by atoms with Crippen LogP contribution in [0, 0.1) is 5.92 Å². The first-order valence-corrected chi connectivity index (χ1v) is 8.13. The fraction of sp³-hybridized carbons (Fsp3) is 0.263. The van der Waals surface area contributed by atoms with E-state index in [0.29, 0.717) is 17.9 Å². The Kier molecular flexibility index (Phi) is 5.26. The van der Waals surface area contributed by atoms with Crippen LogP contribution >= 0.6 is 0 Å². The van der Waals surface area contributed by atoms with Crippen molar-refractivity contribution in [2.45, 2.75) is 19.1 Å². The van der Waals surface area contributed by atoms with Crippen LogP contribution in [-0.4, -0.2) is 36.3 Å². The molecule has 0 saturated carbocycles. The number of rotatable bonds is 7. The van der Waals surface area contributed by atoms with Crippen molar-refractivity contribution in [1.82, 2.24) is 4.98 Å². The second-order valence-electron chi connectivity index (χ2n) is 5.81. The molecule has 1 aliphatic rings. The third kappa shape index (κ3) is 3.42. The van der Waals surface area contributed by atoms with Crippen molar-refractivity contribution < 1.29 is 23.9 Å². The van der Waals surface area contributed by atoms with Gasteiger partial charge in [-0.1, -0.05) is 18.2 Å². The average molecular weight is 354 g/mol. The van der Waals surface area contributed by atoms with Gasteiger partial charge >= 0.3 is 5.97 Å². The molecule has 2 atom stereocenters. The van der Waals surface area contributed by atoms with E-state index in [9.17, 15) is 14.4 Å². The van der Waals surface area contributed by atoms with E-state index in [2.05, 4.69) is 4.98 Å². The van der Waals surface area contributed by atoms with E-state index in [1.807, 2.05) is 0 Å². The number of anilines is 1. The Hall–Kier alpha value is -3.22. The highest BCUT2D eigenvalue weighted by Crippen LogP contribution is 2.34. The van der Waals surface area contributed by atoms with Crippen molar-refractivity contribution in [3.05, 3.63) is 54.2 Å². The number of carbonyl (C=O) groups is 3.